The summed E-state index contributed by atoms with van der Waals surface area (Å²) in [6.45, 7) is 2.57. The molecule has 1 fully saturated rings. The Morgan fingerprint density at radius 2 is 1.95 bits per heavy atom. The Labute approximate surface area is 124 Å². The van der Waals surface area contributed by atoms with E-state index in [0.717, 1.165) is 0 Å². The average molecular weight is 313 g/mol. The highest BCUT2D eigenvalue weighted by atomic mass is 32.2. The molecule has 1 aromatic carbocycles. The van der Waals surface area contributed by atoms with E-state index in [1.54, 1.807) is 19.1 Å². The van der Waals surface area contributed by atoms with Gasteiger partial charge in [0.05, 0.1) is 12.5 Å². The Morgan fingerprint density at radius 3 is 2.52 bits per heavy atom. The lowest BCUT2D eigenvalue weighted by molar-refractivity contribution is -0.149. The van der Waals surface area contributed by atoms with E-state index in [4.69, 9.17) is 4.74 Å². The lowest BCUT2D eigenvalue weighted by Crippen LogP contribution is -2.40. The number of hydrogen-bond acceptors (Lipinski definition) is 5. The number of rotatable bonds is 4. The van der Waals surface area contributed by atoms with Crippen molar-refractivity contribution < 1.29 is 23.1 Å². The van der Waals surface area contributed by atoms with E-state index in [2.05, 4.69) is 0 Å². The molecule has 7 heteroatoms. The molecule has 0 aliphatic carbocycles. The molecule has 1 aliphatic rings. The van der Waals surface area contributed by atoms with Crippen LogP contribution >= 0.6 is 0 Å². The monoisotopic (exact) mass is 313 g/mol. The normalized spacial score (nSPS) is 17.6. The van der Waals surface area contributed by atoms with Gasteiger partial charge in [-0.1, -0.05) is 12.1 Å². The minimum absolute atomic E-state index is 0.0976. The zero-order valence-electron chi connectivity index (χ0n) is 11.9. The predicted molar refractivity (Wildman–Crippen MR) is 76.2 cm³/mol. The van der Waals surface area contributed by atoms with E-state index in [1.165, 1.54) is 16.4 Å². The van der Waals surface area contributed by atoms with Crippen LogP contribution in [0.5, 0.6) is 5.75 Å². The summed E-state index contributed by atoms with van der Waals surface area (Å²) in [5.74, 6) is -0.775. The Hall–Kier alpha value is -1.60. The van der Waals surface area contributed by atoms with Gasteiger partial charge in [0, 0.05) is 13.1 Å². The number of aromatic hydroxyl groups is 1. The Morgan fingerprint density at radius 1 is 1.33 bits per heavy atom. The second-order valence-corrected chi connectivity index (χ2v) is 6.80. The number of phenolic OH excluding ortho intramolecular Hbond substituents is 1. The van der Waals surface area contributed by atoms with Crippen LogP contribution in [0.15, 0.2) is 29.2 Å². The van der Waals surface area contributed by atoms with Crippen LogP contribution in [0.3, 0.4) is 0 Å². The average Bonchev–Trinajstić information content (AvgIpc) is 2.48. The van der Waals surface area contributed by atoms with Crippen molar-refractivity contribution in [3.8, 4) is 5.75 Å². The summed E-state index contributed by atoms with van der Waals surface area (Å²) in [5.41, 5.74) is 0. The lowest BCUT2D eigenvalue weighted by atomic mass is 9.98. The van der Waals surface area contributed by atoms with Gasteiger partial charge in [0.1, 0.15) is 10.6 Å². The van der Waals surface area contributed by atoms with Crippen LogP contribution < -0.4 is 0 Å². The Bertz CT molecular complexity index is 606. The Balaban J connectivity index is 2.08. The fourth-order valence-electron chi connectivity index (χ4n) is 2.41. The summed E-state index contributed by atoms with van der Waals surface area (Å²) in [5, 5.41) is 9.71. The summed E-state index contributed by atoms with van der Waals surface area (Å²) < 4.78 is 31.2. The van der Waals surface area contributed by atoms with E-state index in [9.17, 15) is 18.3 Å². The van der Waals surface area contributed by atoms with Crippen molar-refractivity contribution >= 4 is 16.0 Å². The highest BCUT2D eigenvalue weighted by Crippen LogP contribution is 2.28. The van der Waals surface area contributed by atoms with Crippen LogP contribution in [0.2, 0.25) is 0 Å². The smallest absolute Gasteiger partial charge is 0.309 e. The molecule has 2 rings (SSSR count). The molecule has 1 N–H and O–H groups in total. The van der Waals surface area contributed by atoms with Gasteiger partial charge >= 0.3 is 5.97 Å². The Kier molecular flexibility index (Phi) is 4.84. The second-order valence-electron chi connectivity index (χ2n) is 4.90. The molecule has 6 nitrogen and oxygen atoms in total. The van der Waals surface area contributed by atoms with Gasteiger partial charge in [-0.3, -0.25) is 4.79 Å². The van der Waals surface area contributed by atoms with Crippen LogP contribution in [-0.2, 0) is 19.6 Å². The third-order valence-corrected chi connectivity index (χ3v) is 5.50. The van der Waals surface area contributed by atoms with E-state index in [-0.39, 0.29) is 35.6 Å². The summed E-state index contributed by atoms with van der Waals surface area (Å²) in [4.78, 5) is 11.6. The molecule has 1 aromatic rings. The number of ether oxygens (including phenoxy) is 1. The first kappa shape index (κ1) is 15.8. The van der Waals surface area contributed by atoms with Gasteiger partial charge in [-0.05, 0) is 31.9 Å². The van der Waals surface area contributed by atoms with Gasteiger partial charge in [0.25, 0.3) is 0 Å². The number of carbonyl (C=O) groups excluding carboxylic acids is 1. The van der Waals surface area contributed by atoms with Crippen molar-refractivity contribution in [1.29, 1.82) is 0 Å². The van der Waals surface area contributed by atoms with E-state index < -0.39 is 10.0 Å². The van der Waals surface area contributed by atoms with Crippen LogP contribution in [0, 0.1) is 5.92 Å². The maximum Gasteiger partial charge on any atom is 0.309 e. The zero-order valence-corrected chi connectivity index (χ0v) is 12.7. The minimum Gasteiger partial charge on any atom is -0.507 e. The molecule has 0 spiro atoms. The predicted octanol–water partition coefficient (Wildman–Crippen LogP) is 1.36. The molecule has 0 amide bonds. The molecule has 116 valence electrons. The number of nitrogens with zero attached hydrogens (tertiary/aromatic N) is 1. The van der Waals surface area contributed by atoms with Crippen molar-refractivity contribution in [1.82, 2.24) is 4.31 Å². The number of piperidine rings is 1. The topological polar surface area (TPSA) is 83.9 Å². The van der Waals surface area contributed by atoms with Gasteiger partial charge in [-0.2, -0.15) is 4.31 Å². The van der Waals surface area contributed by atoms with Crippen molar-refractivity contribution in [2.45, 2.75) is 24.7 Å². The van der Waals surface area contributed by atoms with Crippen molar-refractivity contribution in [3.05, 3.63) is 24.3 Å². The number of phenols is 1. The van der Waals surface area contributed by atoms with Gasteiger partial charge < -0.3 is 9.84 Å². The van der Waals surface area contributed by atoms with E-state index in [1.807, 2.05) is 0 Å². The van der Waals surface area contributed by atoms with Crippen molar-refractivity contribution in [2.24, 2.45) is 5.92 Å². The summed E-state index contributed by atoms with van der Waals surface area (Å²) in [6, 6.07) is 5.86. The fourth-order valence-corrected chi connectivity index (χ4v) is 3.96. The number of hydrogen-bond donors (Lipinski definition) is 1. The lowest BCUT2D eigenvalue weighted by Gasteiger charge is -2.30. The quantitative estimate of drug-likeness (QED) is 0.848. The molecule has 1 aliphatic heterocycles. The maximum atomic E-state index is 12.5. The number of para-hydroxylation sites is 1. The molecule has 0 unspecified atom stereocenters. The third-order valence-electron chi connectivity index (χ3n) is 3.56. The van der Waals surface area contributed by atoms with E-state index in [0.29, 0.717) is 19.4 Å². The van der Waals surface area contributed by atoms with Gasteiger partial charge in [0.2, 0.25) is 10.0 Å². The molecular weight excluding hydrogens is 294 g/mol. The second kappa shape index (κ2) is 6.44. The highest BCUT2D eigenvalue weighted by Gasteiger charge is 2.33. The first-order valence-electron chi connectivity index (χ1n) is 6.91. The molecule has 1 heterocycles. The number of benzene rings is 1. The molecule has 0 bridgehead atoms. The molecule has 0 radical (unpaired) electrons. The minimum atomic E-state index is -3.72. The molecule has 0 aromatic heterocycles. The van der Waals surface area contributed by atoms with Crippen LogP contribution in [0.1, 0.15) is 19.8 Å². The number of esters is 1. The fraction of sp³-hybridized carbons (Fsp3) is 0.500. The molecule has 1 saturated heterocycles. The highest BCUT2D eigenvalue weighted by molar-refractivity contribution is 7.89. The zero-order chi connectivity index (χ0) is 15.5. The van der Waals surface area contributed by atoms with Crippen molar-refractivity contribution in [2.75, 3.05) is 19.7 Å². The SMILES string of the molecule is CCOC(=O)C1CCN(S(=O)(=O)c2ccccc2O)CC1. The summed E-state index contributed by atoms with van der Waals surface area (Å²) in [7, 11) is -3.72. The molecule has 0 saturated carbocycles. The van der Waals surface area contributed by atoms with Crippen LogP contribution in [0.25, 0.3) is 0 Å². The first-order chi connectivity index (χ1) is 9.96. The van der Waals surface area contributed by atoms with E-state index >= 15 is 0 Å². The molecular formula is C14H19NO5S. The van der Waals surface area contributed by atoms with Gasteiger partial charge in [-0.25, -0.2) is 8.42 Å². The number of sulfonamides is 1. The largest absolute Gasteiger partial charge is 0.507 e. The summed E-state index contributed by atoms with van der Waals surface area (Å²) >= 11 is 0. The molecule has 0 atom stereocenters. The maximum absolute atomic E-state index is 12.5. The van der Waals surface area contributed by atoms with Gasteiger partial charge in [-0.15, -0.1) is 0 Å². The number of carbonyl (C=O) groups is 1. The first-order valence-corrected chi connectivity index (χ1v) is 8.35. The standard InChI is InChI=1S/C14H19NO5S/c1-2-20-14(17)11-7-9-15(10-8-11)21(18,19)13-6-4-3-5-12(13)16/h3-6,11,16H,2,7-10H2,1H3. The third kappa shape index (κ3) is 3.36. The van der Waals surface area contributed by atoms with Gasteiger partial charge in [0.15, 0.2) is 0 Å². The summed E-state index contributed by atoms with van der Waals surface area (Å²) in [6.07, 6.45) is 0.872. The van der Waals surface area contributed by atoms with Crippen LogP contribution in [-0.4, -0.2) is 43.5 Å². The van der Waals surface area contributed by atoms with Crippen molar-refractivity contribution in [3.63, 3.8) is 0 Å². The molecule has 21 heavy (non-hydrogen) atoms. The van der Waals surface area contributed by atoms with Crippen LogP contribution in [0.4, 0.5) is 0 Å².